The largest absolute Gasteiger partial charge is 0.481 e. The fourth-order valence-corrected chi connectivity index (χ4v) is 3.94. The highest BCUT2D eigenvalue weighted by Gasteiger charge is 2.35. The Kier molecular flexibility index (Phi) is 6.99. The Hall–Kier alpha value is -2.88. The molecule has 3 rings (SSSR count). The summed E-state index contributed by atoms with van der Waals surface area (Å²) in [7, 11) is 0. The zero-order valence-corrected chi connectivity index (χ0v) is 16.7. The number of carbonyl (C=O) groups is 2. The van der Waals surface area contributed by atoms with Gasteiger partial charge in [-0.15, -0.1) is 0 Å². The molecule has 0 aliphatic heterocycles. The number of carboxylic acid groups (broad SMARTS) is 1. The zero-order chi connectivity index (χ0) is 22.6. The van der Waals surface area contributed by atoms with Crippen molar-refractivity contribution in [2.24, 2.45) is 0 Å². The van der Waals surface area contributed by atoms with Crippen LogP contribution in [0, 0.1) is 0 Å². The fourth-order valence-electron chi connectivity index (χ4n) is 3.94. The molecule has 31 heavy (non-hydrogen) atoms. The summed E-state index contributed by atoms with van der Waals surface area (Å²) in [4.78, 5) is 23.7. The molecular formula is C21H24F3N3O4. The number of nitrogens with one attached hydrogen (secondary N) is 1. The Morgan fingerprint density at radius 1 is 1.23 bits per heavy atom. The van der Waals surface area contributed by atoms with E-state index in [0.717, 1.165) is 31.7 Å². The molecule has 0 saturated heterocycles. The quantitative estimate of drug-likeness (QED) is 0.583. The van der Waals surface area contributed by atoms with Gasteiger partial charge < -0.3 is 15.5 Å². The van der Waals surface area contributed by atoms with E-state index in [4.69, 9.17) is 10.2 Å². The van der Waals surface area contributed by atoms with Crippen LogP contribution in [-0.4, -0.2) is 44.5 Å². The third-order valence-corrected chi connectivity index (χ3v) is 5.38. The number of hydrogen-bond donors (Lipinski definition) is 3. The molecule has 3 N–H and O–H groups in total. The number of aliphatic carboxylic acids is 1. The minimum atomic E-state index is -4.57. The lowest BCUT2D eigenvalue weighted by molar-refractivity contribution is -0.138. The molecule has 1 unspecified atom stereocenters. The van der Waals surface area contributed by atoms with E-state index in [0.29, 0.717) is 0 Å². The van der Waals surface area contributed by atoms with Crippen molar-refractivity contribution in [3.05, 3.63) is 41.6 Å². The van der Waals surface area contributed by atoms with Crippen molar-refractivity contribution >= 4 is 11.9 Å². The van der Waals surface area contributed by atoms with Crippen molar-refractivity contribution in [2.45, 2.75) is 56.8 Å². The van der Waals surface area contributed by atoms with Gasteiger partial charge >= 0.3 is 12.1 Å². The second-order valence-corrected chi connectivity index (χ2v) is 7.62. The first-order valence-electron chi connectivity index (χ1n) is 10.1. The second-order valence-electron chi connectivity index (χ2n) is 7.62. The summed E-state index contributed by atoms with van der Waals surface area (Å²) in [5.74, 6) is -1.84. The maximum Gasteiger partial charge on any atom is 0.417 e. The SMILES string of the molecule is O=C(O)CC(CCO)NC(=O)c1cc(-c2ccccc2C(F)(F)F)n(C2CCCC2)n1. The molecule has 1 aliphatic rings. The van der Waals surface area contributed by atoms with Crippen molar-refractivity contribution in [1.29, 1.82) is 0 Å². The van der Waals surface area contributed by atoms with Gasteiger partial charge in [-0.1, -0.05) is 31.0 Å². The fraction of sp³-hybridized carbons (Fsp3) is 0.476. The number of aliphatic hydroxyl groups excluding tert-OH is 1. The van der Waals surface area contributed by atoms with Crippen LogP contribution in [0.25, 0.3) is 11.3 Å². The number of benzene rings is 1. The van der Waals surface area contributed by atoms with Crippen LogP contribution in [0.1, 0.15) is 60.6 Å². The molecule has 2 aromatic rings. The van der Waals surface area contributed by atoms with E-state index < -0.39 is 29.7 Å². The molecule has 1 amide bonds. The molecule has 168 valence electrons. The number of carboxylic acids is 1. The first-order valence-corrected chi connectivity index (χ1v) is 10.1. The van der Waals surface area contributed by atoms with Crippen LogP contribution in [0.5, 0.6) is 0 Å². The highest BCUT2D eigenvalue weighted by molar-refractivity contribution is 5.94. The topological polar surface area (TPSA) is 104 Å². The molecule has 1 saturated carbocycles. The Balaban J connectivity index is 2.00. The maximum absolute atomic E-state index is 13.6. The monoisotopic (exact) mass is 439 g/mol. The van der Waals surface area contributed by atoms with E-state index in [1.54, 1.807) is 0 Å². The van der Waals surface area contributed by atoms with Gasteiger partial charge in [0.05, 0.1) is 23.7 Å². The van der Waals surface area contributed by atoms with Crippen molar-refractivity contribution < 1.29 is 33.0 Å². The lowest BCUT2D eigenvalue weighted by atomic mass is 10.0. The Labute approximate surface area is 176 Å². The van der Waals surface area contributed by atoms with Crippen LogP contribution in [0.3, 0.4) is 0 Å². The van der Waals surface area contributed by atoms with Gasteiger partial charge in [0.25, 0.3) is 5.91 Å². The van der Waals surface area contributed by atoms with Gasteiger partial charge in [-0.05, 0) is 31.4 Å². The summed E-state index contributed by atoms with van der Waals surface area (Å²) >= 11 is 0. The Morgan fingerprint density at radius 3 is 2.52 bits per heavy atom. The molecule has 1 fully saturated rings. The lowest BCUT2D eigenvalue weighted by Gasteiger charge is -2.17. The molecule has 1 aliphatic carbocycles. The van der Waals surface area contributed by atoms with E-state index >= 15 is 0 Å². The van der Waals surface area contributed by atoms with Crippen LogP contribution in [0.2, 0.25) is 0 Å². The standard InChI is InChI=1S/C21H24F3N3O4/c22-21(23,24)16-8-4-3-7-15(16)18-12-17(26-27(18)14-5-1-2-6-14)20(31)25-13(9-10-28)11-19(29)30/h3-4,7-8,12-14,28H,1-2,5-6,9-11H2,(H,25,31)(H,29,30). The molecule has 10 heteroatoms. The Bertz CT molecular complexity index is 936. The predicted octanol–water partition coefficient (Wildman–Crippen LogP) is 3.64. The number of amides is 1. The first-order chi connectivity index (χ1) is 14.7. The minimum absolute atomic E-state index is 0.0329. The first kappa shape index (κ1) is 22.8. The van der Waals surface area contributed by atoms with Crippen molar-refractivity contribution in [2.75, 3.05) is 6.61 Å². The molecule has 1 aromatic heterocycles. The predicted molar refractivity (Wildman–Crippen MR) is 105 cm³/mol. The van der Waals surface area contributed by atoms with Crippen molar-refractivity contribution in [1.82, 2.24) is 15.1 Å². The third-order valence-electron chi connectivity index (χ3n) is 5.38. The van der Waals surface area contributed by atoms with Gasteiger partial charge in [-0.25, -0.2) is 0 Å². The number of alkyl halides is 3. The van der Waals surface area contributed by atoms with Gasteiger partial charge in [-0.2, -0.15) is 18.3 Å². The minimum Gasteiger partial charge on any atom is -0.481 e. The molecule has 0 bridgehead atoms. The summed E-state index contributed by atoms with van der Waals surface area (Å²) in [6.07, 6.45) is -1.60. The van der Waals surface area contributed by atoms with E-state index in [-0.39, 0.29) is 42.4 Å². The van der Waals surface area contributed by atoms with Crippen molar-refractivity contribution in [3.8, 4) is 11.3 Å². The van der Waals surface area contributed by atoms with Gasteiger partial charge in [0.15, 0.2) is 5.69 Å². The smallest absolute Gasteiger partial charge is 0.417 e. The summed E-state index contributed by atoms with van der Waals surface area (Å²) in [6, 6.07) is 5.52. The molecule has 1 aromatic carbocycles. The summed E-state index contributed by atoms with van der Waals surface area (Å²) in [6.45, 7) is -0.320. The summed E-state index contributed by atoms with van der Waals surface area (Å²) in [5, 5.41) is 24.9. The third kappa shape index (κ3) is 5.43. The molecule has 0 radical (unpaired) electrons. The Morgan fingerprint density at radius 2 is 1.90 bits per heavy atom. The number of aliphatic hydroxyl groups is 1. The number of hydrogen-bond acceptors (Lipinski definition) is 4. The lowest BCUT2D eigenvalue weighted by Crippen LogP contribution is -2.37. The van der Waals surface area contributed by atoms with Crippen LogP contribution in [-0.2, 0) is 11.0 Å². The molecule has 7 nitrogen and oxygen atoms in total. The van der Waals surface area contributed by atoms with Crippen molar-refractivity contribution in [3.63, 3.8) is 0 Å². The van der Waals surface area contributed by atoms with E-state index in [9.17, 15) is 22.8 Å². The van der Waals surface area contributed by atoms with E-state index in [1.165, 1.54) is 28.9 Å². The van der Waals surface area contributed by atoms with Crippen LogP contribution < -0.4 is 5.32 Å². The number of nitrogens with zero attached hydrogens (tertiary/aromatic N) is 2. The second kappa shape index (κ2) is 9.51. The number of carbonyl (C=O) groups excluding carboxylic acids is 1. The van der Waals surface area contributed by atoms with Crippen LogP contribution in [0.4, 0.5) is 13.2 Å². The van der Waals surface area contributed by atoms with E-state index in [1.807, 2.05) is 0 Å². The number of rotatable bonds is 8. The molecule has 0 spiro atoms. The highest BCUT2D eigenvalue weighted by atomic mass is 19.4. The van der Waals surface area contributed by atoms with Gasteiger partial charge in [0.2, 0.25) is 0 Å². The van der Waals surface area contributed by atoms with Gasteiger partial charge in [-0.3, -0.25) is 14.3 Å². The molecule has 1 heterocycles. The van der Waals surface area contributed by atoms with Gasteiger partial charge in [0.1, 0.15) is 0 Å². The zero-order valence-electron chi connectivity index (χ0n) is 16.7. The summed E-state index contributed by atoms with van der Waals surface area (Å²) < 4.78 is 42.3. The van der Waals surface area contributed by atoms with Gasteiger partial charge in [0, 0.05) is 18.2 Å². The van der Waals surface area contributed by atoms with Crippen LogP contribution in [0.15, 0.2) is 30.3 Å². The molecule has 1 atom stereocenters. The normalized spacial score (nSPS) is 15.7. The number of aromatic nitrogens is 2. The molecular weight excluding hydrogens is 415 g/mol. The average Bonchev–Trinajstić information content (AvgIpc) is 3.36. The average molecular weight is 439 g/mol. The number of halogens is 3. The van der Waals surface area contributed by atoms with Crippen LogP contribution >= 0.6 is 0 Å². The summed E-state index contributed by atoms with van der Waals surface area (Å²) in [5.41, 5.74) is -0.773. The van der Waals surface area contributed by atoms with E-state index in [2.05, 4.69) is 10.4 Å². The maximum atomic E-state index is 13.6. The highest BCUT2D eigenvalue weighted by Crippen LogP contribution is 2.40.